The molecule has 1 aliphatic heterocycles. The number of nitriles is 1. The highest BCUT2D eigenvalue weighted by Gasteiger charge is 2.37. The molecule has 1 heterocycles. The number of piperidine rings is 1. The second-order valence-corrected chi connectivity index (χ2v) is 7.00. The first-order valence-corrected chi connectivity index (χ1v) is 8.05. The molecule has 0 saturated carbocycles. The van der Waals surface area contributed by atoms with Crippen molar-refractivity contribution in [2.75, 3.05) is 0 Å². The molecular formula is C14H17FN2O2S. The van der Waals surface area contributed by atoms with Gasteiger partial charge in [-0.25, -0.2) is 12.8 Å². The summed E-state index contributed by atoms with van der Waals surface area (Å²) in [5.41, 5.74) is -0.405. The zero-order chi connectivity index (χ0) is 14.9. The molecule has 0 radical (unpaired) electrons. The smallest absolute Gasteiger partial charge is 0.207 e. The standard InChI is InChI=1S/C14H17FN2O2S/c1-10-5-3-6-11(2)17(10)20(18,19)14-8-4-7-13(15)12(14)9-16/h4,7-8,10-11H,3,5-6H2,1-2H3/t10-,11+. The van der Waals surface area contributed by atoms with E-state index in [2.05, 4.69) is 0 Å². The molecule has 0 amide bonds. The third-order valence-corrected chi connectivity index (χ3v) is 5.93. The van der Waals surface area contributed by atoms with Crippen molar-refractivity contribution in [3.8, 4) is 6.07 Å². The van der Waals surface area contributed by atoms with Gasteiger partial charge in [0.1, 0.15) is 22.3 Å². The summed E-state index contributed by atoms with van der Waals surface area (Å²) in [5.74, 6) is -0.800. The molecule has 0 spiro atoms. The highest BCUT2D eigenvalue weighted by atomic mass is 32.2. The molecule has 108 valence electrons. The zero-order valence-corrected chi connectivity index (χ0v) is 12.3. The van der Waals surface area contributed by atoms with Crippen LogP contribution in [0, 0.1) is 17.1 Å². The summed E-state index contributed by atoms with van der Waals surface area (Å²) in [5, 5.41) is 9.02. The molecule has 1 saturated heterocycles. The molecule has 4 nitrogen and oxygen atoms in total. The number of rotatable bonds is 2. The second-order valence-electron chi connectivity index (χ2n) is 5.19. The molecular weight excluding hydrogens is 279 g/mol. The lowest BCUT2D eigenvalue weighted by Gasteiger charge is -2.37. The lowest BCUT2D eigenvalue weighted by Crippen LogP contribution is -2.47. The topological polar surface area (TPSA) is 61.2 Å². The van der Waals surface area contributed by atoms with Crippen molar-refractivity contribution in [2.24, 2.45) is 0 Å². The van der Waals surface area contributed by atoms with E-state index >= 15 is 0 Å². The van der Waals surface area contributed by atoms with E-state index in [0.717, 1.165) is 25.3 Å². The Morgan fingerprint density at radius 2 is 1.90 bits per heavy atom. The van der Waals surface area contributed by atoms with Crippen LogP contribution in [0.4, 0.5) is 4.39 Å². The molecule has 2 atom stereocenters. The van der Waals surface area contributed by atoms with Crippen LogP contribution in [0.5, 0.6) is 0 Å². The fourth-order valence-electron chi connectivity index (χ4n) is 2.81. The Labute approximate surface area is 118 Å². The number of nitrogens with zero attached hydrogens (tertiary/aromatic N) is 2. The minimum absolute atomic E-state index is 0.140. The summed E-state index contributed by atoms with van der Waals surface area (Å²) in [6, 6.07) is 5.09. The minimum atomic E-state index is -3.85. The van der Waals surface area contributed by atoms with E-state index in [-0.39, 0.29) is 17.0 Å². The van der Waals surface area contributed by atoms with Crippen LogP contribution in [-0.4, -0.2) is 24.8 Å². The second kappa shape index (κ2) is 5.51. The molecule has 0 unspecified atom stereocenters. The number of hydrogen-bond donors (Lipinski definition) is 0. The van der Waals surface area contributed by atoms with Gasteiger partial charge in [-0.15, -0.1) is 0 Å². The van der Waals surface area contributed by atoms with Crippen molar-refractivity contribution >= 4 is 10.0 Å². The Morgan fingerprint density at radius 1 is 1.30 bits per heavy atom. The van der Waals surface area contributed by atoms with E-state index < -0.39 is 21.4 Å². The first-order chi connectivity index (χ1) is 9.39. The Morgan fingerprint density at radius 3 is 2.45 bits per heavy atom. The van der Waals surface area contributed by atoms with Gasteiger partial charge in [0, 0.05) is 12.1 Å². The fraction of sp³-hybridized carbons (Fsp3) is 0.500. The Hall–Kier alpha value is -1.45. The highest BCUT2D eigenvalue weighted by molar-refractivity contribution is 7.89. The molecule has 0 aliphatic carbocycles. The molecule has 0 N–H and O–H groups in total. The molecule has 20 heavy (non-hydrogen) atoms. The maximum atomic E-state index is 13.6. The van der Waals surface area contributed by atoms with Crippen LogP contribution in [-0.2, 0) is 10.0 Å². The average Bonchev–Trinajstić information content (AvgIpc) is 2.37. The predicted molar refractivity (Wildman–Crippen MR) is 72.9 cm³/mol. The SMILES string of the molecule is C[C@@H]1CCC[C@H](C)N1S(=O)(=O)c1cccc(F)c1C#N. The van der Waals surface area contributed by atoms with Crippen LogP contribution < -0.4 is 0 Å². The van der Waals surface area contributed by atoms with Gasteiger partial charge >= 0.3 is 0 Å². The highest BCUT2D eigenvalue weighted by Crippen LogP contribution is 2.31. The quantitative estimate of drug-likeness (QED) is 0.843. The van der Waals surface area contributed by atoms with Gasteiger partial charge in [-0.1, -0.05) is 12.5 Å². The summed E-state index contributed by atoms with van der Waals surface area (Å²) in [6.07, 6.45) is 2.53. The van der Waals surface area contributed by atoms with Crippen LogP contribution in [0.15, 0.2) is 23.1 Å². The third kappa shape index (κ3) is 2.43. The van der Waals surface area contributed by atoms with Crippen molar-refractivity contribution in [2.45, 2.75) is 50.1 Å². The van der Waals surface area contributed by atoms with Crippen LogP contribution in [0.2, 0.25) is 0 Å². The predicted octanol–water partition coefficient (Wildman–Crippen LogP) is 2.65. The maximum Gasteiger partial charge on any atom is 0.244 e. The monoisotopic (exact) mass is 296 g/mol. The van der Waals surface area contributed by atoms with Gasteiger partial charge in [0.2, 0.25) is 10.0 Å². The lowest BCUT2D eigenvalue weighted by atomic mass is 10.0. The van der Waals surface area contributed by atoms with Gasteiger partial charge in [-0.2, -0.15) is 9.57 Å². The van der Waals surface area contributed by atoms with Gasteiger partial charge in [-0.05, 0) is 38.8 Å². The summed E-state index contributed by atoms with van der Waals surface area (Å²) >= 11 is 0. The molecule has 0 bridgehead atoms. The van der Waals surface area contributed by atoms with Crippen LogP contribution in [0.1, 0.15) is 38.7 Å². The van der Waals surface area contributed by atoms with Crippen LogP contribution in [0.25, 0.3) is 0 Å². The van der Waals surface area contributed by atoms with E-state index in [1.165, 1.54) is 16.4 Å². The van der Waals surface area contributed by atoms with E-state index in [1.807, 2.05) is 13.8 Å². The average molecular weight is 296 g/mol. The molecule has 0 aromatic heterocycles. The molecule has 1 fully saturated rings. The molecule has 1 aromatic rings. The zero-order valence-electron chi connectivity index (χ0n) is 11.5. The van der Waals surface area contributed by atoms with Gasteiger partial charge in [0.25, 0.3) is 0 Å². The number of hydrogen-bond acceptors (Lipinski definition) is 3. The fourth-order valence-corrected chi connectivity index (χ4v) is 4.85. The van der Waals surface area contributed by atoms with Gasteiger partial charge in [-0.3, -0.25) is 0 Å². The normalized spacial score (nSPS) is 24.3. The molecule has 1 aromatic carbocycles. The van der Waals surface area contributed by atoms with E-state index in [1.54, 1.807) is 6.07 Å². The van der Waals surface area contributed by atoms with Crippen molar-refractivity contribution in [3.63, 3.8) is 0 Å². The lowest BCUT2D eigenvalue weighted by molar-refractivity contribution is 0.204. The Balaban J connectivity index is 2.56. The number of halogens is 1. The minimum Gasteiger partial charge on any atom is -0.207 e. The summed E-state index contributed by atoms with van der Waals surface area (Å²) in [4.78, 5) is -0.236. The summed E-state index contributed by atoms with van der Waals surface area (Å²) < 4.78 is 40.5. The van der Waals surface area contributed by atoms with Crippen molar-refractivity contribution in [1.29, 1.82) is 5.26 Å². The Bertz CT molecular complexity index is 642. The Kier molecular flexibility index (Phi) is 4.11. The van der Waals surface area contributed by atoms with Crippen LogP contribution in [0.3, 0.4) is 0 Å². The first kappa shape index (κ1) is 14.9. The molecule has 1 aliphatic rings. The van der Waals surface area contributed by atoms with Gasteiger partial charge < -0.3 is 0 Å². The largest absolute Gasteiger partial charge is 0.244 e. The molecule has 6 heteroatoms. The summed E-state index contributed by atoms with van der Waals surface area (Å²) in [7, 11) is -3.85. The summed E-state index contributed by atoms with van der Waals surface area (Å²) in [6.45, 7) is 3.69. The third-order valence-electron chi connectivity index (χ3n) is 3.76. The van der Waals surface area contributed by atoms with Gasteiger partial charge in [0.05, 0.1) is 0 Å². The molecule has 2 rings (SSSR count). The van der Waals surface area contributed by atoms with E-state index in [0.29, 0.717) is 0 Å². The van der Waals surface area contributed by atoms with E-state index in [4.69, 9.17) is 5.26 Å². The van der Waals surface area contributed by atoms with Crippen molar-refractivity contribution in [1.82, 2.24) is 4.31 Å². The van der Waals surface area contributed by atoms with Crippen molar-refractivity contribution in [3.05, 3.63) is 29.6 Å². The van der Waals surface area contributed by atoms with E-state index in [9.17, 15) is 12.8 Å². The number of sulfonamides is 1. The van der Waals surface area contributed by atoms with Gasteiger partial charge in [0.15, 0.2) is 0 Å². The van der Waals surface area contributed by atoms with Crippen molar-refractivity contribution < 1.29 is 12.8 Å². The number of benzene rings is 1. The maximum absolute atomic E-state index is 13.6. The first-order valence-electron chi connectivity index (χ1n) is 6.61. The van der Waals surface area contributed by atoms with Crippen LogP contribution >= 0.6 is 0 Å².